The number of imidazole rings is 1. The Balaban J connectivity index is 1.65. The third-order valence-electron chi connectivity index (χ3n) is 5.80. The highest BCUT2D eigenvalue weighted by Gasteiger charge is 2.37. The summed E-state index contributed by atoms with van der Waals surface area (Å²) in [5.41, 5.74) is 6.18. The van der Waals surface area contributed by atoms with Gasteiger partial charge >= 0.3 is 0 Å². The van der Waals surface area contributed by atoms with Crippen molar-refractivity contribution in [1.82, 2.24) is 25.0 Å². The Bertz CT molecular complexity index is 1180. The summed E-state index contributed by atoms with van der Waals surface area (Å²) in [5.74, 6) is 1.42. The maximum Gasteiger partial charge on any atom is 0.130 e. The molecule has 1 fully saturated rings. The number of aromatic amines is 1. The van der Waals surface area contributed by atoms with Crippen LogP contribution in [0.4, 0.5) is 5.69 Å². The molecule has 2 aromatic carbocycles. The summed E-state index contributed by atoms with van der Waals surface area (Å²) in [6.07, 6.45) is 4.47. The minimum atomic E-state index is 0.129. The van der Waals surface area contributed by atoms with E-state index >= 15 is 0 Å². The quantitative estimate of drug-likeness (QED) is 0.531. The summed E-state index contributed by atoms with van der Waals surface area (Å²) in [6, 6.07) is 11.4. The lowest BCUT2D eigenvalue weighted by Gasteiger charge is -2.30. The summed E-state index contributed by atoms with van der Waals surface area (Å²) >= 11 is 6.27. The predicted molar refractivity (Wildman–Crippen MR) is 115 cm³/mol. The van der Waals surface area contributed by atoms with Crippen molar-refractivity contribution in [1.29, 1.82) is 0 Å². The Hall–Kier alpha value is -2.86. The van der Waals surface area contributed by atoms with Crippen molar-refractivity contribution in [3.8, 4) is 5.69 Å². The zero-order chi connectivity index (χ0) is 20.1. The normalized spacial score (nSPS) is 19.4. The Morgan fingerprint density at radius 2 is 1.97 bits per heavy atom. The third-order valence-corrected chi connectivity index (χ3v) is 6.02. The molecule has 0 saturated carbocycles. The highest BCUT2D eigenvalue weighted by atomic mass is 35.5. The smallest absolute Gasteiger partial charge is 0.130 e. The minimum Gasteiger partial charge on any atom is -0.359 e. The number of hydrogen-bond acceptors (Lipinski definition) is 4. The number of nitrogens with zero attached hydrogens (tertiary/aromatic N) is 5. The molecular formula is C22H22ClN6. The van der Waals surface area contributed by atoms with Crippen LogP contribution in [0.1, 0.15) is 36.3 Å². The van der Waals surface area contributed by atoms with Gasteiger partial charge in [-0.25, -0.2) is 4.98 Å². The fourth-order valence-corrected chi connectivity index (χ4v) is 4.72. The average Bonchev–Trinajstić information content (AvgIpc) is 3.40. The van der Waals surface area contributed by atoms with Gasteiger partial charge in [0.25, 0.3) is 0 Å². The zero-order valence-corrected chi connectivity index (χ0v) is 17.4. The summed E-state index contributed by atoms with van der Waals surface area (Å²) < 4.78 is 0. The molecule has 0 spiro atoms. The first-order valence-corrected chi connectivity index (χ1v) is 10.2. The maximum absolute atomic E-state index is 6.27. The molecule has 1 radical (unpaired) electrons. The van der Waals surface area contributed by atoms with Crippen LogP contribution in [0, 0.1) is 25.8 Å². The van der Waals surface area contributed by atoms with Crippen molar-refractivity contribution in [3.63, 3.8) is 0 Å². The van der Waals surface area contributed by atoms with E-state index < -0.39 is 0 Å². The van der Waals surface area contributed by atoms with Crippen LogP contribution in [-0.4, -0.2) is 31.5 Å². The molecule has 147 valence electrons. The maximum atomic E-state index is 6.27. The van der Waals surface area contributed by atoms with Crippen molar-refractivity contribution >= 4 is 28.3 Å². The topological polar surface area (TPSA) is 62.6 Å². The van der Waals surface area contributed by atoms with Crippen LogP contribution in [0.2, 0.25) is 5.02 Å². The van der Waals surface area contributed by atoms with Crippen molar-refractivity contribution in [2.45, 2.75) is 33.2 Å². The molecule has 0 bridgehead atoms. The van der Waals surface area contributed by atoms with Gasteiger partial charge in [0, 0.05) is 17.6 Å². The van der Waals surface area contributed by atoms with Gasteiger partial charge in [-0.05, 0) is 49.4 Å². The summed E-state index contributed by atoms with van der Waals surface area (Å²) in [5, 5.41) is 9.41. The number of benzene rings is 2. The van der Waals surface area contributed by atoms with Crippen LogP contribution in [-0.2, 0) is 0 Å². The van der Waals surface area contributed by atoms with Crippen LogP contribution < -0.4 is 4.90 Å². The molecule has 0 amide bonds. The molecule has 1 aliphatic rings. The van der Waals surface area contributed by atoms with E-state index in [1.165, 1.54) is 5.56 Å². The van der Waals surface area contributed by atoms with Gasteiger partial charge in [-0.2, -0.15) is 10.2 Å². The van der Waals surface area contributed by atoms with E-state index in [-0.39, 0.29) is 6.04 Å². The lowest BCUT2D eigenvalue weighted by molar-refractivity contribution is 0.513. The number of aryl methyl sites for hydroxylation is 2. The van der Waals surface area contributed by atoms with Crippen molar-refractivity contribution in [2.75, 3.05) is 11.4 Å². The SMILES string of the molecule is Cc1cc[c]c(-n2nccn2)c1N1CC[C@H](C)[C@H]1c1nc2c(C)cc(Cl)cc2[nH]1. The zero-order valence-electron chi connectivity index (χ0n) is 16.6. The number of H-pyrrole nitrogens is 1. The monoisotopic (exact) mass is 405 g/mol. The summed E-state index contributed by atoms with van der Waals surface area (Å²) in [6.45, 7) is 7.40. The molecule has 1 N–H and O–H groups in total. The lowest BCUT2D eigenvalue weighted by atomic mass is 10.0. The number of aromatic nitrogens is 5. The van der Waals surface area contributed by atoms with Gasteiger partial charge in [-0.1, -0.05) is 30.7 Å². The van der Waals surface area contributed by atoms with Crippen LogP contribution in [0.3, 0.4) is 0 Å². The van der Waals surface area contributed by atoms with Gasteiger partial charge in [0.1, 0.15) is 11.5 Å². The number of halogens is 1. The molecule has 2 aromatic heterocycles. The van der Waals surface area contributed by atoms with E-state index in [0.717, 1.165) is 51.8 Å². The Morgan fingerprint density at radius 1 is 1.17 bits per heavy atom. The number of hydrogen-bond donors (Lipinski definition) is 1. The third kappa shape index (κ3) is 2.99. The molecule has 4 aromatic rings. The van der Waals surface area contributed by atoms with Gasteiger partial charge in [0.05, 0.1) is 35.2 Å². The number of nitrogens with one attached hydrogen (secondary N) is 1. The summed E-state index contributed by atoms with van der Waals surface area (Å²) in [7, 11) is 0. The Labute approximate surface area is 174 Å². The highest BCUT2D eigenvalue weighted by Crippen LogP contribution is 2.43. The van der Waals surface area contributed by atoms with E-state index in [0.29, 0.717) is 5.92 Å². The molecule has 6 nitrogen and oxygen atoms in total. The second-order valence-electron chi connectivity index (χ2n) is 7.82. The first kappa shape index (κ1) is 18.2. The second kappa shape index (κ2) is 6.88. The molecule has 7 heteroatoms. The van der Waals surface area contributed by atoms with Crippen molar-refractivity contribution in [3.05, 3.63) is 64.7 Å². The predicted octanol–water partition coefficient (Wildman–Crippen LogP) is 4.80. The molecule has 0 aliphatic carbocycles. The number of rotatable bonds is 3. The second-order valence-corrected chi connectivity index (χ2v) is 8.26. The number of anilines is 1. The molecular weight excluding hydrogens is 384 g/mol. The largest absolute Gasteiger partial charge is 0.359 e. The van der Waals surface area contributed by atoms with Crippen molar-refractivity contribution in [2.24, 2.45) is 5.92 Å². The lowest BCUT2D eigenvalue weighted by Crippen LogP contribution is -2.27. The van der Waals surface area contributed by atoms with Crippen LogP contribution in [0.25, 0.3) is 16.7 Å². The average molecular weight is 406 g/mol. The molecule has 0 unspecified atom stereocenters. The van der Waals surface area contributed by atoms with Gasteiger partial charge in [0.15, 0.2) is 0 Å². The van der Waals surface area contributed by atoms with Crippen LogP contribution in [0.5, 0.6) is 0 Å². The standard InChI is InChI=1S/C22H22ClN6/c1-13-5-4-6-18(29-24-8-9-25-29)20(13)28-10-7-14(2)21(28)22-26-17-12-16(23)11-15(3)19(17)27-22/h4-5,8-9,11-12,14,21H,7,10H2,1-3H3,(H,26,27)/t14-,21-/m0/s1. The molecule has 1 saturated heterocycles. The van der Waals surface area contributed by atoms with E-state index in [1.54, 1.807) is 17.2 Å². The van der Waals surface area contributed by atoms with Gasteiger partial charge in [-0.3, -0.25) is 0 Å². The molecule has 29 heavy (non-hydrogen) atoms. The van der Waals surface area contributed by atoms with Gasteiger partial charge in [0.2, 0.25) is 0 Å². The minimum absolute atomic E-state index is 0.129. The van der Waals surface area contributed by atoms with Crippen LogP contribution in [0.15, 0.2) is 36.7 Å². The van der Waals surface area contributed by atoms with Gasteiger partial charge < -0.3 is 9.88 Å². The Morgan fingerprint density at radius 3 is 2.76 bits per heavy atom. The first-order valence-electron chi connectivity index (χ1n) is 9.83. The van der Waals surface area contributed by atoms with E-state index in [1.807, 2.05) is 25.1 Å². The molecule has 5 rings (SSSR count). The molecule has 2 atom stereocenters. The van der Waals surface area contributed by atoms with Crippen LogP contribution >= 0.6 is 11.6 Å². The van der Waals surface area contributed by atoms with E-state index in [9.17, 15) is 0 Å². The van der Waals surface area contributed by atoms with E-state index in [2.05, 4.69) is 46.1 Å². The first-order chi connectivity index (χ1) is 14.0. The van der Waals surface area contributed by atoms with E-state index in [4.69, 9.17) is 16.6 Å². The summed E-state index contributed by atoms with van der Waals surface area (Å²) in [4.78, 5) is 12.6. The van der Waals surface area contributed by atoms with Crippen molar-refractivity contribution < 1.29 is 0 Å². The fraction of sp³-hybridized carbons (Fsp3) is 0.318. The Kier molecular flexibility index (Phi) is 4.32. The molecule has 1 aliphatic heterocycles. The molecule has 3 heterocycles. The van der Waals surface area contributed by atoms with Gasteiger partial charge in [-0.15, -0.1) is 4.80 Å². The number of fused-ring (bicyclic) bond motifs is 1. The fourth-order valence-electron chi connectivity index (χ4n) is 4.45. The highest BCUT2D eigenvalue weighted by molar-refractivity contribution is 6.31.